The van der Waals surface area contributed by atoms with Crippen molar-refractivity contribution in [1.82, 2.24) is 4.98 Å². The first-order chi connectivity index (χ1) is 9.70. The Labute approximate surface area is 121 Å². The Morgan fingerprint density at radius 1 is 1.05 bits per heavy atom. The second kappa shape index (κ2) is 7.06. The number of aryl methyl sites for hydroxylation is 2. The Morgan fingerprint density at radius 3 is 2.55 bits per heavy atom. The summed E-state index contributed by atoms with van der Waals surface area (Å²) in [6, 6.07) is 14.7. The van der Waals surface area contributed by atoms with Gasteiger partial charge < -0.3 is 10.6 Å². The number of anilines is 1. The largest absolute Gasteiger partial charge is 0.365 e. The minimum absolute atomic E-state index is 0.712. The van der Waals surface area contributed by atoms with Crippen LogP contribution < -0.4 is 10.6 Å². The van der Waals surface area contributed by atoms with E-state index in [1.807, 2.05) is 13.0 Å². The van der Waals surface area contributed by atoms with Gasteiger partial charge in [-0.2, -0.15) is 0 Å². The van der Waals surface area contributed by atoms with Crippen LogP contribution in [0.15, 0.2) is 42.5 Å². The molecule has 0 atom stereocenters. The van der Waals surface area contributed by atoms with Gasteiger partial charge in [-0.15, -0.1) is 0 Å². The molecule has 0 saturated heterocycles. The Hall–Kier alpha value is -1.87. The van der Waals surface area contributed by atoms with Gasteiger partial charge in [0.05, 0.1) is 12.2 Å². The quantitative estimate of drug-likeness (QED) is 0.876. The molecule has 20 heavy (non-hydrogen) atoms. The van der Waals surface area contributed by atoms with E-state index in [4.69, 9.17) is 5.73 Å². The minimum atomic E-state index is 0.712. The van der Waals surface area contributed by atoms with Gasteiger partial charge in [0.25, 0.3) is 0 Å². The summed E-state index contributed by atoms with van der Waals surface area (Å²) in [6.45, 7) is 6.67. The molecule has 3 heteroatoms. The van der Waals surface area contributed by atoms with Gasteiger partial charge in [-0.25, -0.2) is 0 Å². The van der Waals surface area contributed by atoms with Crippen LogP contribution in [0.4, 0.5) is 5.69 Å². The molecule has 0 spiro atoms. The fraction of sp³-hybridized carbons (Fsp3) is 0.353. The number of para-hydroxylation sites is 1. The summed E-state index contributed by atoms with van der Waals surface area (Å²) < 4.78 is 0. The molecule has 0 aliphatic rings. The molecular formula is C17H23N3. The zero-order valence-electron chi connectivity index (χ0n) is 12.3. The first-order valence-corrected chi connectivity index (χ1v) is 7.14. The van der Waals surface area contributed by atoms with Crippen LogP contribution in [0.3, 0.4) is 0 Å². The summed E-state index contributed by atoms with van der Waals surface area (Å²) in [5, 5.41) is 0. The molecule has 0 unspecified atom stereocenters. The molecular weight excluding hydrogens is 246 g/mol. The molecule has 1 heterocycles. The molecule has 106 valence electrons. The number of pyridine rings is 1. The lowest BCUT2D eigenvalue weighted by Gasteiger charge is -2.26. The molecule has 0 fully saturated rings. The zero-order chi connectivity index (χ0) is 14.4. The summed E-state index contributed by atoms with van der Waals surface area (Å²) in [5.74, 6) is 0. The van der Waals surface area contributed by atoms with Gasteiger partial charge in [0.1, 0.15) is 0 Å². The van der Waals surface area contributed by atoms with Crippen LogP contribution in [0.1, 0.15) is 23.4 Å². The van der Waals surface area contributed by atoms with Crippen LogP contribution in [-0.4, -0.2) is 18.1 Å². The van der Waals surface area contributed by atoms with E-state index in [-0.39, 0.29) is 0 Å². The summed E-state index contributed by atoms with van der Waals surface area (Å²) in [5.41, 5.74) is 10.4. The van der Waals surface area contributed by atoms with Crippen molar-refractivity contribution >= 4 is 5.69 Å². The normalized spacial score (nSPS) is 10.6. The average Bonchev–Trinajstić information content (AvgIpc) is 2.44. The molecule has 2 N–H and O–H groups in total. The van der Waals surface area contributed by atoms with Gasteiger partial charge in [0.15, 0.2) is 0 Å². The van der Waals surface area contributed by atoms with Gasteiger partial charge in [-0.1, -0.05) is 24.3 Å². The highest BCUT2D eigenvalue weighted by atomic mass is 15.1. The molecule has 0 radical (unpaired) electrons. The topological polar surface area (TPSA) is 42.1 Å². The second-order valence-electron chi connectivity index (χ2n) is 5.12. The van der Waals surface area contributed by atoms with Crippen LogP contribution in [0.2, 0.25) is 0 Å². The van der Waals surface area contributed by atoms with Crippen LogP contribution in [0.25, 0.3) is 0 Å². The Balaban J connectivity index is 2.22. The van der Waals surface area contributed by atoms with Crippen molar-refractivity contribution in [3.05, 3.63) is 59.4 Å². The first-order valence-electron chi connectivity index (χ1n) is 7.14. The maximum Gasteiger partial charge on any atom is 0.0602 e. The first kappa shape index (κ1) is 14.5. The Kier molecular flexibility index (Phi) is 5.13. The van der Waals surface area contributed by atoms with Gasteiger partial charge in [-0.3, -0.25) is 4.98 Å². The number of nitrogens with zero attached hydrogens (tertiary/aromatic N) is 2. The maximum absolute atomic E-state index is 5.67. The zero-order valence-corrected chi connectivity index (χ0v) is 12.3. The third-order valence-electron chi connectivity index (χ3n) is 3.39. The molecule has 1 aromatic carbocycles. The van der Waals surface area contributed by atoms with E-state index < -0.39 is 0 Å². The van der Waals surface area contributed by atoms with Crippen molar-refractivity contribution in [2.75, 3.05) is 18.0 Å². The van der Waals surface area contributed by atoms with Crippen LogP contribution in [0, 0.1) is 13.8 Å². The molecule has 0 saturated carbocycles. The average molecular weight is 269 g/mol. The fourth-order valence-corrected chi connectivity index (χ4v) is 2.37. The third-order valence-corrected chi connectivity index (χ3v) is 3.39. The van der Waals surface area contributed by atoms with Crippen LogP contribution in [0.5, 0.6) is 0 Å². The fourth-order valence-electron chi connectivity index (χ4n) is 2.37. The summed E-state index contributed by atoms with van der Waals surface area (Å²) in [4.78, 5) is 6.97. The number of aromatic nitrogens is 1. The van der Waals surface area contributed by atoms with Gasteiger partial charge >= 0.3 is 0 Å². The van der Waals surface area contributed by atoms with E-state index in [1.165, 1.54) is 11.3 Å². The smallest absolute Gasteiger partial charge is 0.0602 e. The van der Waals surface area contributed by atoms with E-state index in [1.54, 1.807) is 0 Å². The standard InChI is InChI=1S/C17H23N3/c1-14-7-3-4-10-17(14)20(12-6-11-18)13-16-9-5-8-15(2)19-16/h3-5,7-10H,6,11-13,18H2,1-2H3. The lowest BCUT2D eigenvalue weighted by Crippen LogP contribution is -2.26. The van der Waals surface area contributed by atoms with Crippen LogP contribution >= 0.6 is 0 Å². The highest BCUT2D eigenvalue weighted by molar-refractivity contribution is 5.53. The van der Waals surface area contributed by atoms with E-state index in [9.17, 15) is 0 Å². The van der Waals surface area contributed by atoms with Crippen molar-refractivity contribution in [3.8, 4) is 0 Å². The predicted molar refractivity (Wildman–Crippen MR) is 84.9 cm³/mol. The van der Waals surface area contributed by atoms with Crippen molar-refractivity contribution in [2.45, 2.75) is 26.8 Å². The van der Waals surface area contributed by atoms with E-state index in [2.05, 4.69) is 53.2 Å². The summed E-state index contributed by atoms with van der Waals surface area (Å²) >= 11 is 0. The van der Waals surface area contributed by atoms with Crippen molar-refractivity contribution in [1.29, 1.82) is 0 Å². The number of rotatable bonds is 6. The third kappa shape index (κ3) is 3.81. The van der Waals surface area contributed by atoms with Crippen LogP contribution in [-0.2, 0) is 6.54 Å². The molecule has 0 bridgehead atoms. The second-order valence-corrected chi connectivity index (χ2v) is 5.12. The molecule has 0 aliphatic carbocycles. The molecule has 0 aliphatic heterocycles. The van der Waals surface area contributed by atoms with Crippen molar-refractivity contribution in [2.24, 2.45) is 5.73 Å². The van der Waals surface area contributed by atoms with Crippen molar-refractivity contribution < 1.29 is 0 Å². The van der Waals surface area contributed by atoms with E-state index in [0.717, 1.165) is 30.9 Å². The lowest BCUT2D eigenvalue weighted by molar-refractivity contribution is 0.723. The Bertz CT molecular complexity index is 551. The number of hydrogen-bond donors (Lipinski definition) is 1. The highest BCUT2D eigenvalue weighted by Crippen LogP contribution is 2.21. The highest BCUT2D eigenvalue weighted by Gasteiger charge is 2.10. The summed E-state index contributed by atoms with van der Waals surface area (Å²) in [6.07, 6.45) is 0.986. The molecule has 0 amide bonds. The molecule has 1 aromatic heterocycles. The number of benzene rings is 1. The van der Waals surface area contributed by atoms with E-state index >= 15 is 0 Å². The van der Waals surface area contributed by atoms with Gasteiger partial charge in [0, 0.05) is 17.9 Å². The van der Waals surface area contributed by atoms with Crippen molar-refractivity contribution in [3.63, 3.8) is 0 Å². The monoisotopic (exact) mass is 269 g/mol. The number of hydrogen-bond acceptors (Lipinski definition) is 3. The summed E-state index contributed by atoms with van der Waals surface area (Å²) in [7, 11) is 0. The number of nitrogens with two attached hydrogens (primary N) is 1. The molecule has 2 aromatic rings. The van der Waals surface area contributed by atoms with Gasteiger partial charge in [0.2, 0.25) is 0 Å². The predicted octanol–water partition coefficient (Wildman–Crippen LogP) is 3.05. The minimum Gasteiger partial charge on any atom is -0.365 e. The SMILES string of the molecule is Cc1cccc(CN(CCCN)c2ccccc2C)n1. The molecule has 2 rings (SSSR count). The maximum atomic E-state index is 5.67. The Morgan fingerprint density at radius 2 is 1.85 bits per heavy atom. The van der Waals surface area contributed by atoms with E-state index in [0.29, 0.717) is 6.54 Å². The molecule has 3 nitrogen and oxygen atoms in total. The van der Waals surface area contributed by atoms with Gasteiger partial charge in [-0.05, 0) is 50.6 Å². The lowest BCUT2D eigenvalue weighted by atomic mass is 10.1.